The largest absolute Gasteiger partial charge is 0.497 e. The summed E-state index contributed by atoms with van der Waals surface area (Å²) in [5.41, 5.74) is 5.14. The molecule has 3 aromatic heterocycles. The maximum Gasteiger partial charge on any atom is 0.220 e. The van der Waals surface area contributed by atoms with Gasteiger partial charge in [-0.25, -0.2) is 0 Å². The van der Waals surface area contributed by atoms with E-state index in [0.29, 0.717) is 25.8 Å². The Morgan fingerprint density at radius 2 is 1.82 bits per heavy atom. The van der Waals surface area contributed by atoms with Crippen LogP contribution in [0.5, 0.6) is 5.75 Å². The molecule has 7 nitrogen and oxygen atoms in total. The predicted octanol–water partition coefficient (Wildman–Crippen LogP) is 4.18. The first kappa shape index (κ1) is 20.8. The lowest BCUT2D eigenvalue weighted by Crippen LogP contribution is -2.26. The number of pyridine rings is 1. The molecule has 2 N–H and O–H groups in total. The fraction of sp³-hybridized carbons (Fsp3) is 0.192. The summed E-state index contributed by atoms with van der Waals surface area (Å²) in [6.07, 6.45) is 3.61. The van der Waals surface area contributed by atoms with E-state index in [-0.39, 0.29) is 5.91 Å². The van der Waals surface area contributed by atoms with Crippen LogP contribution in [0.15, 0.2) is 72.9 Å². The van der Waals surface area contributed by atoms with Crippen molar-refractivity contribution in [3.63, 3.8) is 0 Å². The number of nitrogens with one attached hydrogen (secondary N) is 2. The van der Waals surface area contributed by atoms with Crippen LogP contribution in [-0.4, -0.2) is 39.1 Å². The number of hydrogen-bond acceptors (Lipinski definition) is 4. The summed E-state index contributed by atoms with van der Waals surface area (Å²) in [6, 6.07) is 22.0. The van der Waals surface area contributed by atoms with Gasteiger partial charge < -0.3 is 15.0 Å². The van der Waals surface area contributed by atoms with Gasteiger partial charge in [0.1, 0.15) is 11.6 Å². The Kier molecular flexibility index (Phi) is 5.76. The summed E-state index contributed by atoms with van der Waals surface area (Å²) >= 11 is 0. The first-order valence-electron chi connectivity index (χ1n) is 11.0. The third-order valence-corrected chi connectivity index (χ3v) is 5.85. The number of fused-ring (bicyclic) bond motifs is 2. The number of benzene rings is 2. The van der Waals surface area contributed by atoms with E-state index < -0.39 is 0 Å². The van der Waals surface area contributed by atoms with Gasteiger partial charge in [-0.1, -0.05) is 24.3 Å². The molecule has 0 saturated carbocycles. The maximum absolute atomic E-state index is 12.6. The molecule has 0 bridgehead atoms. The molecule has 0 aliphatic rings. The zero-order valence-electron chi connectivity index (χ0n) is 18.4. The summed E-state index contributed by atoms with van der Waals surface area (Å²) in [5.74, 6) is 1.68. The summed E-state index contributed by atoms with van der Waals surface area (Å²) < 4.78 is 7.23. The minimum atomic E-state index is 0.0229. The molecule has 0 radical (unpaired) electrons. The second-order valence-corrected chi connectivity index (χ2v) is 7.90. The van der Waals surface area contributed by atoms with Gasteiger partial charge in [-0.15, -0.1) is 10.2 Å². The third kappa shape index (κ3) is 4.30. The van der Waals surface area contributed by atoms with Crippen LogP contribution >= 0.6 is 0 Å². The monoisotopic (exact) mass is 439 g/mol. The summed E-state index contributed by atoms with van der Waals surface area (Å²) in [7, 11) is 1.66. The third-order valence-electron chi connectivity index (χ3n) is 5.85. The van der Waals surface area contributed by atoms with Gasteiger partial charge in [0.2, 0.25) is 5.91 Å². The number of para-hydroxylation sites is 1. The lowest BCUT2D eigenvalue weighted by molar-refractivity contribution is -0.121. The summed E-state index contributed by atoms with van der Waals surface area (Å²) in [4.78, 5) is 16.1. The Morgan fingerprint density at radius 1 is 1.00 bits per heavy atom. The molecule has 0 atom stereocenters. The molecule has 0 saturated heterocycles. The van der Waals surface area contributed by atoms with Crippen molar-refractivity contribution in [2.45, 2.75) is 19.3 Å². The van der Waals surface area contributed by atoms with Gasteiger partial charge in [0.25, 0.3) is 0 Å². The van der Waals surface area contributed by atoms with E-state index >= 15 is 0 Å². The van der Waals surface area contributed by atoms with Crippen molar-refractivity contribution in [3.8, 4) is 17.0 Å². The number of ether oxygens (including phenoxy) is 1. The van der Waals surface area contributed by atoms with E-state index in [1.807, 2.05) is 65.2 Å². The van der Waals surface area contributed by atoms with Gasteiger partial charge in [-0.3, -0.25) is 9.20 Å². The van der Waals surface area contributed by atoms with Gasteiger partial charge in [-0.2, -0.15) is 0 Å². The molecule has 1 amide bonds. The highest BCUT2D eigenvalue weighted by Gasteiger charge is 2.15. The standard InChI is InChI=1S/C26H25N5O2/c1-33-19-11-9-18(10-12-19)26-21(20-6-2-3-7-22(20)28-26)13-14-25(32)27-16-15-24-30-29-23-8-4-5-17-31(23)24/h2-12,17,28H,13-16H2,1H3,(H,27,32). The highest BCUT2D eigenvalue weighted by atomic mass is 16.5. The van der Waals surface area contributed by atoms with Gasteiger partial charge in [0, 0.05) is 42.2 Å². The zero-order chi connectivity index (χ0) is 22.6. The van der Waals surface area contributed by atoms with Gasteiger partial charge >= 0.3 is 0 Å². The molecule has 166 valence electrons. The average molecular weight is 440 g/mol. The lowest BCUT2D eigenvalue weighted by atomic mass is 10.0. The number of amides is 1. The SMILES string of the molecule is COc1ccc(-c2[nH]c3ccccc3c2CCC(=O)NCCc2nnc3ccccn23)cc1. The van der Waals surface area contributed by atoms with Crippen molar-refractivity contribution in [2.24, 2.45) is 0 Å². The zero-order valence-corrected chi connectivity index (χ0v) is 18.4. The Labute approximate surface area is 191 Å². The van der Waals surface area contributed by atoms with Crippen LogP contribution in [0.3, 0.4) is 0 Å². The van der Waals surface area contributed by atoms with E-state index in [4.69, 9.17) is 4.74 Å². The number of carbonyl (C=O) groups excluding carboxylic acids is 1. The molecule has 5 aromatic rings. The lowest BCUT2D eigenvalue weighted by Gasteiger charge is -2.08. The number of hydrogen-bond donors (Lipinski definition) is 2. The second-order valence-electron chi connectivity index (χ2n) is 7.90. The number of aryl methyl sites for hydroxylation is 1. The molecule has 7 heteroatoms. The number of methoxy groups -OCH3 is 1. The van der Waals surface area contributed by atoms with Crippen LogP contribution in [0.1, 0.15) is 17.8 Å². The van der Waals surface area contributed by atoms with E-state index in [1.54, 1.807) is 7.11 Å². The molecule has 0 aliphatic carbocycles. The fourth-order valence-corrected chi connectivity index (χ4v) is 4.17. The molecule has 0 aliphatic heterocycles. The number of aromatic amines is 1. The van der Waals surface area contributed by atoms with Crippen molar-refractivity contribution in [3.05, 3.63) is 84.3 Å². The summed E-state index contributed by atoms with van der Waals surface area (Å²) in [6.45, 7) is 0.522. The Hall–Kier alpha value is -4.13. The van der Waals surface area contributed by atoms with Crippen LogP contribution in [0.4, 0.5) is 0 Å². The highest BCUT2D eigenvalue weighted by molar-refractivity contribution is 5.91. The molecule has 2 aromatic carbocycles. The molecular formula is C26H25N5O2. The van der Waals surface area contributed by atoms with E-state index in [1.165, 1.54) is 0 Å². The van der Waals surface area contributed by atoms with E-state index in [0.717, 1.165) is 44.9 Å². The second kappa shape index (κ2) is 9.16. The average Bonchev–Trinajstić information content (AvgIpc) is 3.44. The van der Waals surface area contributed by atoms with Crippen molar-refractivity contribution in [1.29, 1.82) is 0 Å². The number of rotatable bonds is 8. The summed E-state index contributed by atoms with van der Waals surface area (Å²) in [5, 5.41) is 12.5. The first-order chi connectivity index (χ1) is 16.2. The minimum Gasteiger partial charge on any atom is -0.497 e. The molecule has 0 fully saturated rings. The maximum atomic E-state index is 12.6. The van der Waals surface area contributed by atoms with Crippen LogP contribution in [-0.2, 0) is 17.6 Å². The molecule has 0 spiro atoms. The molecule has 5 rings (SSSR count). The Morgan fingerprint density at radius 3 is 2.67 bits per heavy atom. The predicted molar refractivity (Wildman–Crippen MR) is 128 cm³/mol. The number of carbonyl (C=O) groups is 1. The molecule has 33 heavy (non-hydrogen) atoms. The quantitative estimate of drug-likeness (QED) is 0.380. The molecule has 3 heterocycles. The van der Waals surface area contributed by atoms with Gasteiger partial charge in [0.15, 0.2) is 5.65 Å². The normalized spacial score (nSPS) is 11.2. The van der Waals surface area contributed by atoms with Crippen LogP contribution < -0.4 is 10.1 Å². The van der Waals surface area contributed by atoms with Gasteiger partial charge in [0.05, 0.1) is 7.11 Å². The number of nitrogens with zero attached hydrogens (tertiary/aromatic N) is 3. The topological polar surface area (TPSA) is 84.3 Å². The van der Waals surface area contributed by atoms with Crippen molar-refractivity contribution in [1.82, 2.24) is 24.9 Å². The van der Waals surface area contributed by atoms with Crippen LogP contribution in [0.2, 0.25) is 0 Å². The Balaban J connectivity index is 1.27. The first-order valence-corrected chi connectivity index (χ1v) is 11.0. The van der Waals surface area contributed by atoms with Gasteiger partial charge in [-0.05, 0) is 60.0 Å². The highest BCUT2D eigenvalue weighted by Crippen LogP contribution is 2.32. The molecule has 0 unspecified atom stereocenters. The van der Waals surface area contributed by atoms with Crippen LogP contribution in [0.25, 0.3) is 27.8 Å². The number of aromatic nitrogens is 4. The Bertz CT molecular complexity index is 1400. The number of H-pyrrole nitrogens is 1. The van der Waals surface area contributed by atoms with E-state index in [2.05, 4.69) is 32.6 Å². The molecular weight excluding hydrogens is 414 g/mol. The van der Waals surface area contributed by atoms with Crippen molar-refractivity contribution < 1.29 is 9.53 Å². The minimum absolute atomic E-state index is 0.0229. The van der Waals surface area contributed by atoms with Crippen molar-refractivity contribution in [2.75, 3.05) is 13.7 Å². The van der Waals surface area contributed by atoms with E-state index in [9.17, 15) is 4.79 Å². The van der Waals surface area contributed by atoms with Crippen molar-refractivity contribution >= 4 is 22.5 Å². The van der Waals surface area contributed by atoms with Crippen LogP contribution in [0, 0.1) is 0 Å². The fourth-order valence-electron chi connectivity index (χ4n) is 4.17. The smallest absolute Gasteiger partial charge is 0.220 e.